The first-order valence-electron chi connectivity index (χ1n) is 7.70. The van der Waals surface area contributed by atoms with E-state index in [9.17, 15) is 4.79 Å². The van der Waals surface area contributed by atoms with Crippen molar-refractivity contribution in [2.24, 2.45) is 0 Å². The molecule has 2 aromatic rings. The molecule has 2 rings (SSSR count). The number of amides is 1. The third kappa shape index (κ3) is 7.02. The molecule has 25 heavy (non-hydrogen) atoms. The summed E-state index contributed by atoms with van der Waals surface area (Å²) in [6, 6.07) is 13.1. The number of rotatable bonds is 8. The van der Waals surface area contributed by atoms with Crippen LogP contribution in [0.3, 0.4) is 0 Å². The number of benzene rings is 2. The van der Waals surface area contributed by atoms with Crippen LogP contribution in [0.15, 0.2) is 48.5 Å². The maximum Gasteiger partial charge on any atom is 0.244 e. The number of methoxy groups -OCH3 is 1. The van der Waals surface area contributed by atoms with Crippen LogP contribution in [0.25, 0.3) is 6.08 Å². The summed E-state index contributed by atoms with van der Waals surface area (Å²) in [6.07, 6.45) is 3.31. The molecule has 0 aromatic heterocycles. The van der Waals surface area contributed by atoms with Gasteiger partial charge in [0, 0.05) is 24.1 Å². The first-order valence-corrected chi connectivity index (χ1v) is 9.61. The quantitative estimate of drug-likeness (QED) is 0.501. The summed E-state index contributed by atoms with van der Waals surface area (Å²) in [5.74, 6) is 2.34. The number of thioether (sulfide) groups is 1. The van der Waals surface area contributed by atoms with Gasteiger partial charge in [0.1, 0.15) is 5.75 Å². The Hall–Kier alpha value is -1.62. The minimum absolute atomic E-state index is 0.106. The van der Waals surface area contributed by atoms with Crippen LogP contribution in [-0.2, 0) is 10.5 Å². The lowest BCUT2D eigenvalue weighted by Gasteiger charge is -2.04. The number of carbonyl (C=O) groups excluding carboxylic acids is 1. The molecule has 0 fully saturated rings. The van der Waals surface area contributed by atoms with E-state index in [0.29, 0.717) is 16.6 Å². The molecule has 0 unspecified atom stereocenters. The first kappa shape index (κ1) is 19.7. The van der Waals surface area contributed by atoms with Crippen molar-refractivity contribution >= 4 is 46.9 Å². The van der Waals surface area contributed by atoms with Crippen molar-refractivity contribution in [1.29, 1.82) is 0 Å². The number of ether oxygens (including phenoxy) is 1. The largest absolute Gasteiger partial charge is 0.497 e. The molecule has 0 saturated carbocycles. The number of hydrogen-bond donors (Lipinski definition) is 1. The molecule has 3 nitrogen and oxygen atoms in total. The summed E-state index contributed by atoms with van der Waals surface area (Å²) in [4.78, 5) is 11.8. The van der Waals surface area contributed by atoms with Crippen molar-refractivity contribution in [3.63, 3.8) is 0 Å². The van der Waals surface area contributed by atoms with Crippen molar-refractivity contribution in [2.75, 3.05) is 19.4 Å². The Labute approximate surface area is 162 Å². The van der Waals surface area contributed by atoms with Gasteiger partial charge in [-0.05, 0) is 41.5 Å². The lowest BCUT2D eigenvalue weighted by molar-refractivity contribution is -0.116. The minimum atomic E-state index is -0.106. The summed E-state index contributed by atoms with van der Waals surface area (Å²) >= 11 is 13.6. The number of hydrogen-bond acceptors (Lipinski definition) is 3. The number of halogens is 2. The molecular weight excluding hydrogens is 377 g/mol. The van der Waals surface area contributed by atoms with E-state index in [-0.39, 0.29) is 5.91 Å². The fourth-order valence-corrected chi connectivity index (χ4v) is 3.14. The molecule has 0 aliphatic rings. The van der Waals surface area contributed by atoms with Crippen LogP contribution in [0, 0.1) is 0 Å². The highest BCUT2D eigenvalue weighted by Gasteiger charge is 2.00. The lowest BCUT2D eigenvalue weighted by Crippen LogP contribution is -2.23. The Morgan fingerprint density at radius 3 is 2.60 bits per heavy atom. The lowest BCUT2D eigenvalue weighted by atomic mass is 10.2. The molecule has 0 spiro atoms. The first-order chi connectivity index (χ1) is 12.1. The van der Waals surface area contributed by atoms with Crippen LogP contribution in [0.4, 0.5) is 0 Å². The van der Waals surface area contributed by atoms with Crippen LogP contribution in [0.5, 0.6) is 5.75 Å². The van der Waals surface area contributed by atoms with Crippen molar-refractivity contribution in [1.82, 2.24) is 5.32 Å². The average Bonchev–Trinajstić information content (AvgIpc) is 2.63. The molecule has 0 saturated heterocycles. The predicted octanol–water partition coefficient (Wildman–Crippen LogP) is 5.06. The second kappa shape index (κ2) is 10.4. The maximum absolute atomic E-state index is 11.8. The van der Waals surface area contributed by atoms with Gasteiger partial charge in [-0.3, -0.25) is 4.79 Å². The molecule has 132 valence electrons. The van der Waals surface area contributed by atoms with E-state index in [1.807, 2.05) is 36.4 Å². The van der Waals surface area contributed by atoms with Crippen LogP contribution >= 0.6 is 35.0 Å². The number of nitrogens with one attached hydrogen (secondary N) is 1. The van der Waals surface area contributed by atoms with E-state index in [1.165, 1.54) is 6.08 Å². The third-order valence-corrected chi connectivity index (χ3v) is 5.11. The van der Waals surface area contributed by atoms with Gasteiger partial charge in [-0.2, -0.15) is 11.8 Å². The molecule has 0 aliphatic carbocycles. The van der Waals surface area contributed by atoms with Crippen molar-refractivity contribution in [3.8, 4) is 5.75 Å². The monoisotopic (exact) mass is 395 g/mol. The fourth-order valence-electron chi connectivity index (χ4n) is 2.01. The molecule has 2 aromatic carbocycles. The zero-order chi connectivity index (χ0) is 18.1. The summed E-state index contributed by atoms with van der Waals surface area (Å²) in [5, 5.41) is 3.99. The van der Waals surface area contributed by atoms with Crippen molar-refractivity contribution in [3.05, 3.63) is 69.7 Å². The van der Waals surface area contributed by atoms with E-state index in [2.05, 4.69) is 5.32 Å². The Balaban J connectivity index is 1.66. The number of carbonyl (C=O) groups is 1. The SMILES string of the molecule is COc1ccc(/C=C/C(=O)NCCSCc2ccc(Cl)c(Cl)c2)cc1. The predicted molar refractivity (Wildman–Crippen MR) is 108 cm³/mol. The van der Waals surface area contributed by atoms with Crippen LogP contribution < -0.4 is 10.1 Å². The topological polar surface area (TPSA) is 38.3 Å². The van der Waals surface area contributed by atoms with Gasteiger partial charge in [0.25, 0.3) is 0 Å². The fraction of sp³-hybridized carbons (Fsp3) is 0.211. The molecule has 0 aliphatic heterocycles. The zero-order valence-electron chi connectivity index (χ0n) is 13.8. The smallest absolute Gasteiger partial charge is 0.244 e. The molecule has 1 N–H and O–H groups in total. The summed E-state index contributed by atoms with van der Waals surface area (Å²) < 4.78 is 5.10. The van der Waals surface area contributed by atoms with Gasteiger partial charge in [-0.25, -0.2) is 0 Å². The second-order valence-corrected chi connectivity index (χ2v) is 7.12. The Kier molecular flexibility index (Phi) is 8.19. The van der Waals surface area contributed by atoms with E-state index in [1.54, 1.807) is 31.0 Å². The van der Waals surface area contributed by atoms with Crippen molar-refractivity contribution < 1.29 is 9.53 Å². The van der Waals surface area contributed by atoms with Gasteiger partial charge in [0.15, 0.2) is 0 Å². The van der Waals surface area contributed by atoms with Crippen LogP contribution in [0.1, 0.15) is 11.1 Å². The Morgan fingerprint density at radius 2 is 1.92 bits per heavy atom. The molecule has 1 amide bonds. The molecule has 6 heteroatoms. The van der Waals surface area contributed by atoms with Crippen LogP contribution in [0.2, 0.25) is 10.0 Å². The van der Waals surface area contributed by atoms with Gasteiger partial charge < -0.3 is 10.1 Å². The summed E-state index contributed by atoms with van der Waals surface area (Å²) in [6.45, 7) is 0.609. The molecule has 0 heterocycles. The zero-order valence-corrected chi connectivity index (χ0v) is 16.1. The molecule has 0 bridgehead atoms. The van der Waals surface area contributed by atoms with E-state index < -0.39 is 0 Å². The van der Waals surface area contributed by atoms with E-state index >= 15 is 0 Å². The minimum Gasteiger partial charge on any atom is -0.497 e. The Morgan fingerprint density at radius 1 is 1.16 bits per heavy atom. The third-order valence-electron chi connectivity index (χ3n) is 3.34. The molecule has 0 atom stereocenters. The summed E-state index contributed by atoms with van der Waals surface area (Å²) in [5.41, 5.74) is 2.06. The molecular formula is C19H19Cl2NO2S. The highest BCUT2D eigenvalue weighted by atomic mass is 35.5. The van der Waals surface area contributed by atoms with Gasteiger partial charge in [0.2, 0.25) is 5.91 Å². The van der Waals surface area contributed by atoms with Gasteiger partial charge in [0.05, 0.1) is 17.2 Å². The van der Waals surface area contributed by atoms with Gasteiger partial charge in [-0.15, -0.1) is 0 Å². The Bertz CT molecular complexity index is 733. The van der Waals surface area contributed by atoms with Gasteiger partial charge in [-0.1, -0.05) is 41.4 Å². The molecule has 0 radical (unpaired) electrons. The highest BCUT2D eigenvalue weighted by Crippen LogP contribution is 2.24. The average molecular weight is 396 g/mol. The second-order valence-electron chi connectivity index (χ2n) is 5.20. The highest BCUT2D eigenvalue weighted by molar-refractivity contribution is 7.98. The van der Waals surface area contributed by atoms with E-state index in [0.717, 1.165) is 28.4 Å². The van der Waals surface area contributed by atoms with Crippen molar-refractivity contribution in [2.45, 2.75) is 5.75 Å². The standard InChI is InChI=1S/C19H19Cl2NO2S/c1-24-16-6-2-14(3-7-16)5-9-19(23)22-10-11-25-13-15-4-8-17(20)18(21)12-15/h2-9,12H,10-11,13H2,1H3,(H,22,23)/b9-5+. The van der Waals surface area contributed by atoms with Crippen LogP contribution in [-0.4, -0.2) is 25.3 Å². The maximum atomic E-state index is 11.8. The summed E-state index contributed by atoms with van der Waals surface area (Å²) in [7, 11) is 1.62. The normalized spacial score (nSPS) is 10.8. The van der Waals surface area contributed by atoms with E-state index in [4.69, 9.17) is 27.9 Å². The van der Waals surface area contributed by atoms with Gasteiger partial charge >= 0.3 is 0 Å².